The zero-order valence-corrected chi connectivity index (χ0v) is 15.4. The number of amides is 2. The molecular formula is C19H22FN3O2S. The third-order valence-electron chi connectivity index (χ3n) is 4.38. The SMILES string of the molecule is Cc1ccc(C(=O)NC2CCN(CC(=O)Nc3ccc(F)cc3)CC2)s1. The molecular weight excluding hydrogens is 353 g/mol. The molecule has 0 saturated carbocycles. The summed E-state index contributed by atoms with van der Waals surface area (Å²) in [5, 5.41) is 5.84. The Morgan fingerprint density at radius 1 is 1.15 bits per heavy atom. The van der Waals surface area contributed by atoms with Crippen molar-refractivity contribution in [3.05, 3.63) is 52.0 Å². The van der Waals surface area contributed by atoms with E-state index in [4.69, 9.17) is 0 Å². The minimum absolute atomic E-state index is 0.0180. The molecule has 0 bridgehead atoms. The third-order valence-corrected chi connectivity index (χ3v) is 5.38. The maximum absolute atomic E-state index is 12.9. The molecule has 1 aromatic heterocycles. The Bertz CT molecular complexity index is 767. The largest absolute Gasteiger partial charge is 0.349 e. The molecule has 138 valence electrons. The third kappa shape index (κ3) is 5.12. The Labute approximate surface area is 156 Å². The van der Waals surface area contributed by atoms with Crippen LogP contribution in [0.2, 0.25) is 0 Å². The summed E-state index contributed by atoms with van der Waals surface area (Å²) in [6.07, 6.45) is 1.64. The van der Waals surface area contributed by atoms with Crippen molar-refractivity contribution >= 4 is 28.8 Å². The summed E-state index contributed by atoms with van der Waals surface area (Å²) in [6, 6.07) is 9.66. The lowest BCUT2D eigenvalue weighted by molar-refractivity contribution is -0.117. The van der Waals surface area contributed by atoms with Gasteiger partial charge in [-0.15, -0.1) is 11.3 Å². The first-order valence-corrected chi connectivity index (χ1v) is 9.46. The highest BCUT2D eigenvalue weighted by molar-refractivity contribution is 7.13. The van der Waals surface area contributed by atoms with E-state index in [9.17, 15) is 14.0 Å². The molecule has 1 aliphatic rings. The number of aryl methyl sites for hydroxylation is 1. The van der Waals surface area contributed by atoms with Gasteiger partial charge in [-0.3, -0.25) is 14.5 Å². The lowest BCUT2D eigenvalue weighted by Gasteiger charge is -2.31. The highest BCUT2D eigenvalue weighted by atomic mass is 32.1. The normalized spacial score (nSPS) is 15.6. The van der Waals surface area contributed by atoms with Crippen LogP contribution in [0.1, 0.15) is 27.4 Å². The molecule has 0 spiro atoms. The van der Waals surface area contributed by atoms with E-state index < -0.39 is 0 Å². The number of carbonyl (C=O) groups excluding carboxylic acids is 2. The maximum atomic E-state index is 12.9. The van der Waals surface area contributed by atoms with E-state index in [-0.39, 0.29) is 23.7 Å². The number of likely N-dealkylation sites (tertiary alicyclic amines) is 1. The molecule has 2 aromatic rings. The van der Waals surface area contributed by atoms with Crippen LogP contribution in [0.15, 0.2) is 36.4 Å². The highest BCUT2D eigenvalue weighted by Crippen LogP contribution is 2.17. The molecule has 0 atom stereocenters. The second kappa shape index (κ2) is 8.42. The Kier molecular flexibility index (Phi) is 6.00. The number of hydrogen-bond donors (Lipinski definition) is 2. The number of carbonyl (C=O) groups is 2. The molecule has 2 amide bonds. The van der Waals surface area contributed by atoms with Crippen molar-refractivity contribution in [2.75, 3.05) is 25.0 Å². The topological polar surface area (TPSA) is 61.4 Å². The molecule has 2 N–H and O–H groups in total. The fourth-order valence-corrected chi connectivity index (χ4v) is 3.76. The van der Waals surface area contributed by atoms with Crippen LogP contribution >= 0.6 is 11.3 Å². The van der Waals surface area contributed by atoms with Gasteiger partial charge >= 0.3 is 0 Å². The lowest BCUT2D eigenvalue weighted by Crippen LogP contribution is -2.46. The van der Waals surface area contributed by atoms with Gasteiger partial charge in [-0.05, 0) is 56.2 Å². The Hall–Kier alpha value is -2.25. The number of rotatable bonds is 5. The van der Waals surface area contributed by atoms with E-state index >= 15 is 0 Å². The van der Waals surface area contributed by atoms with Crippen molar-refractivity contribution in [3.8, 4) is 0 Å². The van der Waals surface area contributed by atoms with E-state index in [1.165, 1.54) is 23.5 Å². The Morgan fingerprint density at radius 2 is 1.85 bits per heavy atom. The standard InChI is InChI=1S/C19H22FN3O2S/c1-13-2-7-17(26-13)19(25)22-16-8-10-23(11-9-16)12-18(24)21-15-5-3-14(20)4-6-15/h2-7,16H,8-12H2,1H3,(H,21,24)(H,22,25). The molecule has 0 radical (unpaired) electrons. The Morgan fingerprint density at radius 3 is 2.46 bits per heavy atom. The first-order chi connectivity index (χ1) is 12.5. The fourth-order valence-electron chi connectivity index (χ4n) is 2.99. The zero-order chi connectivity index (χ0) is 18.5. The number of anilines is 1. The van der Waals surface area contributed by atoms with E-state index in [0.717, 1.165) is 35.7 Å². The summed E-state index contributed by atoms with van der Waals surface area (Å²) in [6.45, 7) is 3.79. The lowest BCUT2D eigenvalue weighted by atomic mass is 10.0. The smallest absolute Gasteiger partial charge is 0.261 e. The van der Waals surface area contributed by atoms with Crippen LogP contribution in [0, 0.1) is 12.7 Å². The van der Waals surface area contributed by atoms with Gasteiger partial charge < -0.3 is 10.6 Å². The quantitative estimate of drug-likeness (QED) is 0.844. The highest BCUT2D eigenvalue weighted by Gasteiger charge is 2.23. The van der Waals surface area contributed by atoms with Crippen LogP contribution in [0.3, 0.4) is 0 Å². The van der Waals surface area contributed by atoms with E-state index in [0.29, 0.717) is 12.2 Å². The van der Waals surface area contributed by atoms with Crippen LogP contribution in [0.4, 0.5) is 10.1 Å². The molecule has 1 aromatic carbocycles. The van der Waals surface area contributed by atoms with E-state index in [2.05, 4.69) is 15.5 Å². The average Bonchev–Trinajstić information content (AvgIpc) is 3.05. The van der Waals surface area contributed by atoms with Gasteiger partial charge in [-0.25, -0.2) is 4.39 Å². The predicted molar refractivity (Wildman–Crippen MR) is 101 cm³/mol. The number of nitrogens with zero attached hydrogens (tertiary/aromatic N) is 1. The number of benzene rings is 1. The second-order valence-electron chi connectivity index (χ2n) is 6.49. The van der Waals surface area contributed by atoms with Crippen LogP contribution < -0.4 is 10.6 Å². The number of nitrogens with one attached hydrogen (secondary N) is 2. The summed E-state index contributed by atoms with van der Waals surface area (Å²) in [4.78, 5) is 28.2. The summed E-state index contributed by atoms with van der Waals surface area (Å²) < 4.78 is 12.9. The van der Waals surface area contributed by atoms with Crippen molar-refractivity contribution in [1.29, 1.82) is 0 Å². The predicted octanol–water partition coefficient (Wildman–Crippen LogP) is 3.03. The molecule has 3 rings (SSSR count). The minimum atomic E-state index is -0.329. The van der Waals surface area contributed by atoms with Gasteiger partial charge in [0.1, 0.15) is 5.82 Å². The first-order valence-electron chi connectivity index (χ1n) is 8.64. The second-order valence-corrected chi connectivity index (χ2v) is 7.78. The van der Waals surface area contributed by atoms with Gasteiger partial charge in [0.05, 0.1) is 11.4 Å². The molecule has 5 nitrogen and oxygen atoms in total. The number of thiophene rings is 1. The summed E-state index contributed by atoms with van der Waals surface area (Å²) in [5.74, 6) is -0.464. The molecule has 0 unspecified atom stereocenters. The van der Waals surface area contributed by atoms with Crippen molar-refractivity contribution in [2.45, 2.75) is 25.8 Å². The summed E-state index contributed by atoms with van der Waals surface area (Å²) in [7, 11) is 0. The van der Waals surface area contributed by atoms with Gasteiger partial charge in [0.25, 0.3) is 5.91 Å². The Balaban J connectivity index is 1.41. The fraction of sp³-hybridized carbons (Fsp3) is 0.368. The summed E-state index contributed by atoms with van der Waals surface area (Å²) >= 11 is 1.50. The molecule has 2 heterocycles. The van der Waals surface area contributed by atoms with Crippen molar-refractivity contribution in [2.24, 2.45) is 0 Å². The van der Waals surface area contributed by atoms with Crippen LogP contribution in [-0.4, -0.2) is 42.4 Å². The van der Waals surface area contributed by atoms with Gasteiger partial charge in [0, 0.05) is 29.7 Å². The summed E-state index contributed by atoms with van der Waals surface area (Å²) in [5.41, 5.74) is 0.588. The number of halogens is 1. The van der Waals surface area contributed by atoms with Gasteiger partial charge in [0.2, 0.25) is 5.91 Å². The van der Waals surface area contributed by atoms with E-state index in [1.54, 1.807) is 12.1 Å². The van der Waals surface area contributed by atoms with Crippen LogP contribution in [-0.2, 0) is 4.79 Å². The zero-order valence-electron chi connectivity index (χ0n) is 14.6. The molecule has 0 aliphatic carbocycles. The van der Waals surface area contributed by atoms with Crippen LogP contribution in [0.5, 0.6) is 0 Å². The monoisotopic (exact) mass is 375 g/mol. The molecule has 1 fully saturated rings. The number of piperidine rings is 1. The molecule has 1 saturated heterocycles. The van der Waals surface area contributed by atoms with Gasteiger partial charge in [-0.1, -0.05) is 0 Å². The van der Waals surface area contributed by atoms with Gasteiger partial charge in [0.15, 0.2) is 0 Å². The maximum Gasteiger partial charge on any atom is 0.261 e. The first kappa shape index (κ1) is 18.5. The van der Waals surface area contributed by atoms with Crippen LogP contribution in [0.25, 0.3) is 0 Å². The van der Waals surface area contributed by atoms with Crippen molar-refractivity contribution in [1.82, 2.24) is 10.2 Å². The van der Waals surface area contributed by atoms with Crippen molar-refractivity contribution in [3.63, 3.8) is 0 Å². The van der Waals surface area contributed by atoms with Crippen molar-refractivity contribution < 1.29 is 14.0 Å². The van der Waals surface area contributed by atoms with E-state index in [1.807, 2.05) is 19.1 Å². The molecule has 1 aliphatic heterocycles. The minimum Gasteiger partial charge on any atom is -0.349 e. The average molecular weight is 375 g/mol. The van der Waals surface area contributed by atoms with Gasteiger partial charge in [-0.2, -0.15) is 0 Å². The molecule has 7 heteroatoms. The molecule has 26 heavy (non-hydrogen) atoms. The number of hydrogen-bond acceptors (Lipinski definition) is 4.